The monoisotopic (exact) mass is 750 g/mol. The van der Waals surface area contributed by atoms with Crippen LogP contribution >= 0.6 is 11.3 Å². The Bertz CT molecular complexity index is 2110. The Hall–Kier alpha value is -5.60. The number of carbonyl (C=O) groups is 2. The summed E-state index contributed by atoms with van der Waals surface area (Å²) < 4.78 is 43.0. The van der Waals surface area contributed by atoms with Gasteiger partial charge < -0.3 is 32.3 Å². The summed E-state index contributed by atoms with van der Waals surface area (Å²) in [5.41, 5.74) is -0.108. The molecule has 13 nitrogen and oxygen atoms in total. The largest absolute Gasteiger partial charge is 1.00 e. The van der Waals surface area contributed by atoms with E-state index in [1.54, 1.807) is 55.7 Å². The van der Waals surface area contributed by atoms with Crippen LogP contribution in [-0.4, -0.2) is 57.6 Å². The molecule has 17 heteroatoms. The number of nitrogens with one attached hydrogen (secondary N) is 1. The minimum Gasteiger partial charge on any atom is -1.00 e. The van der Waals surface area contributed by atoms with Gasteiger partial charge in [0, 0.05) is 46.3 Å². The molecule has 270 valence electrons. The van der Waals surface area contributed by atoms with Crippen LogP contribution in [0.4, 0.5) is 19.4 Å². The third-order valence-corrected chi connectivity index (χ3v) is 8.99. The molecule has 0 saturated heterocycles. The second kappa shape index (κ2) is 17.1. The molecule has 0 bridgehead atoms. The Balaban J connectivity index is 0.00000605. The van der Waals surface area contributed by atoms with Gasteiger partial charge in [0.05, 0.1) is 28.9 Å². The number of hydrogen-bond donors (Lipinski definition) is 2. The lowest BCUT2D eigenvalue weighted by Gasteiger charge is -2.32. The predicted molar refractivity (Wildman–Crippen MR) is 182 cm³/mol. The third-order valence-electron chi connectivity index (χ3n) is 7.96. The van der Waals surface area contributed by atoms with E-state index in [4.69, 9.17) is 14.7 Å². The van der Waals surface area contributed by atoms with Gasteiger partial charge in [0.15, 0.2) is 0 Å². The van der Waals surface area contributed by atoms with Gasteiger partial charge in [-0.15, -0.1) is 16.0 Å². The van der Waals surface area contributed by atoms with Crippen molar-refractivity contribution in [3.63, 3.8) is 0 Å². The summed E-state index contributed by atoms with van der Waals surface area (Å²) in [4.78, 5) is 34.9. The maximum atomic E-state index is 15.3. The Morgan fingerprint density at radius 3 is 2.69 bits per heavy atom. The number of nitrogens with zero attached hydrogens (tertiary/aromatic N) is 7. The van der Waals surface area contributed by atoms with Crippen LogP contribution in [0, 0.1) is 23.0 Å². The number of esters is 1. The minimum absolute atomic E-state index is 0. The molecule has 3 aromatic heterocycles. The van der Waals surface area contributed by atoms with Crippen LogP contribution in [0.3, 0.4) is 0 Å². The molecule has 52 heavy (non-hydrogen) atoms. The SMILES string of the molecule is C=C(OC(=O)N(C)c1ncccc1COC(=O)CNC)[n+]1cnn(C[C@](O)(c2cc(F)ccc2F)[C@@H](C)c2nc(-c3ccc(C#N)cc3)cs2)c1.[Cl-]. The van der Waals surface area contributed by atoms with Gasteiger partial charge in [-0.2, -0.15) is 9.83 Å². The van der Waals surface area contributed by atoms with E-state index in [0.29, 0.717) is 21.8 Å². The van der Waals surface area contributed by atoms with Gasteiger partial charge >= 0.3 is 12.1 Å². The first-order chi connectivity index (χ1) is 24.4. The Labute approximate surface area is 307 Å². The molecule has 0 aliphatic carbocycles. The molecular formula is C35H33ClF2N8O5S. The van der Waals surface area contributed by atoms with Crippen molar-refractivity contribution in [3.8, 4) is 17.3 Å². The highest BCUT2D eigenvalue weighted by Gasteiger charge is 2.43. The Morgan fingerprint density at radius 1 is 1.23 bits per heavy atom. The van der Waals surface area contributed by atoms with Gasteiger partial charge in [0.2, 0.25) is 6.33 Å². The average molecular weight is 751 g/mol. The molecular weight excluding hydrogens is 718 g/mol. The van der Waals surface area contributed by atoms with Gasteiger partial charge in [-0.1, -0.05) is 25.1 Å². The maximum Gasteiger partial charge on any atom is 0.422 e. The fourth-order valence-corrected chi connectivity index (χ4v) is 6.08. The summed E-state index contributed by atoms with van der Waals surface area (Å²) in [6, 6.07) is 15.0. The van der Waals surface area contributed by atoms with E-state index in [2.05, 4.69) is 33.0 Å². The second-order valence-electron chi connectivity index (χ2n) is 11.4. The number of anilines is 1. The molecule has 2 atom stereocenters. The van der Waals surface area contributed by atoms with Crippen molar-refractivity contribution in [2.75, 3.05) is 25.5 Å². The van der Waals surface area contributed by atoms with E-state index in [0.717, 1.165) is 28.7 Å². The molecule has 1 amide bonds. The number of ether oxygens (including phenoxy) is 2. The molecule has 2 aromatic carbocycles. The summed E-state index contributed by atoms with van der Waals surface area (Å²) in [5.74, 6) is -2.92. The van der Waals surface area contributed by atoms with Crippen LogP contribution in [0.1, 0.15) is 34.5 Å². The van der Waals surface area contributed by atoms with Gasteiger partial charge in [-0.25, -0.2) is 23.5 Å². The van der Waals surface area contributed by atoms with Gasteiger partial charge in [0.1, 0.15) is 36.2 Å². The summed E-state index contributed by atoms with van der Waals surface area (Å²) in [5, 5.41) is 30.5. The molecule has 0 saturated carbocycles. The molecule has 5 aromatic rings. The summed E-state index contributed by atoms with van der Waals surface area (Å²) in [6.07, 6.45) is 3.23. The van der Waals surface area contributed by atoms with Crippen LogP contribution in [0.15, 0.2) is 85.4 Å². The highest BCUT2D eigenvalue weighted by atomic mass is 35.5. The van der Waals surface area contributed by atoms with E-state index in [9.17, 15) is 19.1 Å². The highest BCUT2D eigenvalue weighted by Crippen LogP contribution is 2.41. The van der Waals surface area contributed by atoms with Crippen LogP contribution in [-0.2, 0) is 33.0 Å². The first-order valence-corrected chi connectivity index (χ1v) is 16.3. The van der Waals surface area contributed by atoms with Crippen LogP contribution in [0.5, 0.6) is 0 Å². The fourth-order valence-electron chi connectivity index (χ4n) is 5.11. The predicted octanol–water partition coefficient (Wildman–Crippen LogP) is 1.50. The van der Waals surface area contributed by atoms with E-state index < -0.39 is 35.2 Å². The zero-order valence-corrected chi connectivity index (χ0v) is 29.7. The van der Waals surface area contributed by atoms with Crippen molar-refractivity contribution in [1.29, 1.82) is 5.26 Å². The standard InChI is InChI=1S/C35H33F2N8O5S.ClH/c1-22(33-42-30(18-51-33)25-9-7-24(15-38)8-10-25)35(48,28-14-27(36)11-12-29(28)37)19-45-21-44(20-41-45)23(2)50-34(47)43(4)32-26(6-5-13-40-32)17-49-31(46)16-39-3;/h5-14,18,20-22,39,48H,2,16-17,19H2,1,3-4H3;1H/q+1;/p-1/t22-,35+;/m0./s1. The van der Waals surface area contributed by atoms with Crippen LogP contribution in [0.2, 0.25) is 0 Å². The molecule has 5 rings (SSSR count). The highest BCUT2D eigenvalue weighted by molar-refractivity contribution is 7.10. The lowest BCUT2D eigenvalue weighted by molar-refractivity contribution is -0.598. The number of aliphatic hydroxyl groups is 1. The summed E-state index contributed by atoms with van der Waals surface area (Å²) in [7, 11) is 3.03. The number of halogens is 3. The smallest absolute Gasteiger partial charge is 0.422 e. The lowest BCUT2D eigenvalue weighted by Crippen LogP contribution is -3.00. The number of likely N-dealkylation sites (N-methyl/N-ethyl adjacent to an activating group) is 1. The van der Waals surface area contributed by atoms with Gasteiger partial charge in [-0.05, 0) is 50.0 Å². The number of rotatable bonds is 13. The van der Waals surface area contributed by atoms with Gasteiger partial charge in [-0.3, -0.25) is 9.69 Å². The topological polar surface area (TPSA) is 159 Å². The minimum atomic E-state index is -2.07. The molecule has 0 spiro atoms. The number of carbonyl (C=O) groups excluding carboxylic acids is 2. The normalized spacial score (nSPS) is 12.5. The summed E-state index contributed by atoms with van der Waals surface area (Å²) in [6.45, 7) is 4.97. The summed E-state index contributed by atoms with van der Waals surface area (Å²) >= 11 is 1.23. The van der Waals surface area contributed by atoms with Crippen molar-refractivity contribution in [3.05, 3.63) is 119 Å². The lowest BCUT2D eigenvalue weighted by atomic mass is 9.82. The van der Waals surface area contributed by atoms with Crippen LogP contribution in [0.25, 0.3) is 17.1 Å². The Kier molecular flexibility index (Phi) is 12.9. The number of pyridine rings is 1. The molecule has 0 aliphatic heterocycles. The van der Waals surface area contributed by atoms with Gasteiger partial charge in [0.25, 0.3) is 12.2 Å². The zero-order chi connectivity index (χ0) is 36.7. The molecule has 0 radical (unpaired) electrons. The average Bonchev–Trinajstić information content (AvgIpc) is 3.82. The molecule has 0 fully saturated rings. The first kappa shape index (κ1) is 39.2. The number of hydrogen-bond acceptors (Lipinski definition) is 11. The zero-order valence-electron chi connectivity index (χ0n) is 28.2. The van der Waals surface area contributed by atoms with Crippen molar-refractivity contribution in [1.82, 2.24) is 25.1 Å². The molecule has 0 unspecified atom stereocenters. The van der Waals surface area contributed by atoms with E-state index in [-0.39, 0.29) is 49.4 Å². The number of nitriles is 1. The number of aromatic nitrogens is 5. The van der Waals surface area contributed by atoms with Crippen molar-refractivity contribution in [2.24, 2.45) is 0 Å². The Morgan fingerprint density at radius 2 is 1.98 bits per heavy atom. The third kappa shape index (κ3) is 8.82. The second-order valence-corrected chi connectivity index (χ2v) is 12.3. The van der Waals surface area contributed by atoms with Crippen molar-refractivity contribution in [2.45, 2.75) is 31.6 Å². The van der Waals surface area contributed by atoms with Crippen molar-refractivity contribution < 1.29 is 49.9 Å². The maximum absolute atomic E-state index is 15.3. The molecule has 3 heterocycles. The number of thiazole rings is 1. The fraction of sp³-hybridized carbons (Fsp3) is 0.229. The molecule has 0 aliphatic rings. The first-order valence-electron chi connectivity index (χ1n) is 15.4. The van der Waals surface area contributed by atoms with E-state index >= 15 is 4.39 Å². The number of benzene rings is 2. The molecule has 2 N–H and O–H groups in total. The van der Waals surface area contributed by atoms with Crippen molar-refractivity contribution >= 4 is 35.1 Å². The van der Waals surface area contributed by atoms with E-state index in [1.165, 1.54) is 46.5 Å². The number of amides is 1. The van der Waals surface area contributed by atoms with Crippen LogP contribution < -0.4 is 27.2 Å². The van der Waals surface area contributed by atoms with E-state index in [1.807, 2.05) is 0 Å². The quantitative estimate of drug-likeness (QED) is 0.103.